The summed E-state index contributed by atoms with van der Waals surface area (Å²) in [6, 6.07) is 7.97. The Kier molecular flexibility index (Phi) is 5.33. The largest absolute Gasteiger partial charge is 0.381 e. The second-order valence-corrected chi connectivity index (χ2v) is 10.8. The molecule has 5 atom stereocenters. The molecule has 1 saturated carbocycles. The number of fused-ring (bicyclic) bond motifs is 3. The first-order valence-corrected chi connectivity index (χ1v) is 12.1. The molecule has 33 heavy (non-hydrogen) atoms. The predicted octanol–water partition coefficient (Wildman–Crippen LogP) is 2.86. The molecular formula is C25H31N3O4S. The van der Waals surface area contributed by atoms with Crippen molar-refractivity contribution in [1.82, 2.24) is 10.2 Å². The molecule has 0 bridgehead atoms. The molecule has 5 rings (SSSR count). The van der Waals surface area contributed by atoms with E-state index in [0.717, 1.165) is 30.4 Å². The van der Waals surface area contributed by atoms with Gasteiger partial charge in [-0.05, 0) is 73.5 Å². The Morgan fingerprint density at radius 3 is 2.55 bits per heavy atom. The summed E-state index contributed by atoms with van der Waals surface area (Å²) in [6.07, 6.45) is 2.56. The third-order valence-electron chi connectivity index (χ3n) is 8.24. The lowest BCUT2D eigenvalue weighted by molar-refractivity contribution is -0.163. The lowest BCUT2D eigenvalue weighted by Crippen LogP contribution is -2.59. The van der Waals surface area contributed by atoms with Gasteiger partial charge >= 0.3 is 0 Å². The normalized spacial score (nSPS) is 36.9. The lowest BCUT2D eigenvalue weighted by atomic mass is 9.56. The van der Waals surface area contributed by atoms with Crippen molar-refractivity contribution in [3.05, 3.63) is 34.9 Å². The maximum absolute atomic E-state index is 14.4. The number of ether oxygens (including phenoxy) is 3. The summed E-state index contributed by atoms with van der Waals surface area (Å²) in [6.45, 7) is 7.49. The van der Waals surface area contributed by atoms with E-state index in [1.807, 2.05) is 25.1 Å². The van der Waals surface area contributed by atoms with Crippen molar-refractivity contribution in [2.24, 2.45) is 17.3 Å². The lowest BCUT2D eigenvalue weighted by Gasteiger charge is -2.51. The van der Waals surface area contributed by atoms with Crippen LogP contribution in [0.1, 0.15) is 50.3 Å². The fraction of sp³-hybridized carbons (Fsp3) is 0.640. The molecule has 1 N–H and O–H groups in total. The second kappa shape index (κ2) is 7.74. The van der Waals surface area contributed by atoms with Crippen LogP contribution < -0.4 is 5.32 Å². The summed E-state index contributed by atoms with van der Waals surface area (Å²) in [7, 11) is 1.77. The number of nitrogens with zero attached hydrogens (tertiary/aromatic N) is 2. The zero-order valence-corrected chi connectivity index (χ0v) is 20.5. The number of carbonyl (C=O) groups is 1. The number of hydrogen-bond acceptors (Lipinski definition) is 6. The first kappa shape index (κ1) is 22.7. The van der Waals surface area contributed by atoms with Crippen LogP contribution in [0.25, 0.3) is 0 Å². The Bertz CT molecular complexity index is 1030. The molecule has 7 nitrogen and oxygen atoms in total. The van der Waals surface area contributed by atoms with Crippen molar-refractivity contribution in [3.63, 3.8) is 0 Å². The smallest absolute Gasteiger partial charge is 0.259 e. The monoisotopic (exact) mass is 469 g/mol. The van der Waals surface area contributed by atoms with E-state index >= 15 is 0 Å². The van der Waals surface area contributed by atoms with Gasteiger partial charge < -0.3 is 19.5 Å². The van der Waals surface area contributed by atoms with Gasteiger partial charge in [0, 0.05) is 12.5 Å². The number of nitriles is 1. The SMILES string of the molecule is COC1[C@H](C)CC2(Cc3ccc(C#N)cc3[C@]23NC(=S)N(CC2(C)OCCO2)C3=O)C[C@@H]1C. The number of rotatable bonds is 3. The molecule has 2 saturated heterocycles. The van der Waals surface area contributed by atoms with Crippen molar-refractivity contribution in [2.75, 3.05) is 26.9 Å². The van der Waals surface area contributed by atoms with Crippen LogP contribution in [0.5, 0.6) is 0 Å². The van der Waals surface area contributed by atoms with Crippen LogP contribution >= 0.6 is 12.2 Å². The van der Waals surface area contributed by atoms with Gasteiger partial charge in [-0.25, -0.2) is 0 Å². The van der Waals surface area contributed by atoms with E-state index in [0.29, 0.717) is 23.9 Å². The third kappa shape index (κ3) is 3.17. The molecular weight excluding hydrogens is 438 g/mol. The first-order valence-electron chi connectivity index (χ1n) is 11.7. The zero-order chi connectivity index (χ0) is 23.6. The van der Waals surface area contributed by atoms with Gasteiger partial charge in [-0.3, -0.25) is 9.69 Å². The topological polar surface area (TPSA) is 83.8 Å². The number of benzene rings is 1. The minimum absolute atomic E-state index is 0.0723. The molecule has 8 heteroatoms. The number of nitrogens with one attached hydrogen (secondary N) is 1. The number of carbonyl (C=O) groups excluding carboxylic acids is 1. The first-order chi connectivity index (χ1) is 15.7. The highest BCUT2D eigenvalue weighted by Gasteiger charge is 2.69. The van der Waals surface area contributed by atoms with Crippen molar-refractivity contribution >= 4 is 23.2 Å². The van der Waals surface area contributed by atoms with Crippen molar-refractivity contribution < 1.29 is 19.0 Å². The molecule has 2 aliphatic carbocycles. The van der Waals surface area contributed by atoms with E-state index in [-0.39, 0.29) is 35.8 Å². The summed E-state index contributed by atoms with van der Waals surface area (Å²) < 4.78 is 17.4. The quantitative estimate of drug-likeness (QED) is 0.682. The van der Waals surface area contributed by atoms with Crippen LogP contribution in [0.4, 0.5) is 0 Å². The molecule has 0 aromatic heterocycles. The fourth-order valence-electron chi connectivity index (χ4n) is 7.15. The number of amides is 1. The Labute approximate surface area is 200 Å². The molecule has 1 aromatic rings. The molecule has 2 spiro atoms. The molecule has 1 amide bonds. The molecule has 2 aliphatic heterocycles. The van der Waals surface area contributed by atoms with Gasteiger partial charge in [0.25, 0.3) is 5.91 Å². The highest BCUT2D eigenvalue weighted by Crippen LogP contribution is 2.62. The van der Waals surface area contributed by atoms with Crippen molar-refractivity contribution in [1.29, 1.82) is 5.26 Å². The van der Waals surface area contributed by atoms with E-state index in [9.17, 15) is 10.1 Å². The van der Waals surface area contributed by atoms with Gasteiger partial charge in [-0.15, -0.1) is 0 Å². The van der Waals surface area contributed by atoms with Crippen LogP contribution in [0.2, 0.25) is 0 Å². The van der Waals surface area contributed by atoms with Crippen molar-refractivity contribution in [2.45, 2.75) is 57.5 Å². The van der Waals surface area contributed by atoms with Gasteiger partial charge in [0.15, 0.2) is 16.4 Å². The highest BCUT2D eigenvalue weighted by molar-refractivity contribution is 7.80. The number of methoxy groups -OCH3 is 1. The molecule has 2 heterocycles. The zero-order valence-electron chi connectivity index (χ0n) is 19.6. The maximum atomic E-state index is 14.4. The standard InChI is InChI=1S/C25H31N3O4S/c1-15-10-24(11-16(2)20(15)30-4)12-18-6-5-17(13-26)9-19(18)25(24)21(29)28(22(33)27-25)14-23(3)31-7-8-32-23/h5-6,9,15-16,20H,7-8,10-12,14H2,1-4H3,(H,27,33)/t15-,16+,20?,24?,25-/m1/s1. The minimum Gasteiger partial charge on any atom is -0.381 e. The van der Waals surface area contributed by atoms with Gasteiger partial charge in [-0.1, -0.05) is 19.9 Å². The summed E-state index contributed by atoms with van der Waals surface area (Å²) in [4.78, 5) is 16.0. The van der Waals surface area contributed by atoms with Crippen LogP contribution in [0, 0.1) is 28.6 Å². The molecule has 176 valence electrons. The summed E-state index contributed by atoms with van der Waals surface area (Å²) in [5, 5.41) is 13.5. The Morgan fingerprint density at radius 2 is 1.94 bits per heavy atom. The molecule has 4 aliphatic rings. The van der Waals surface area contributed by atoms with Crippen LogP contribution in [0.3, 0.4) is 0 Å². The molecule has 2 unspecified atom stereocenters. The van der Waals surface area contributed by atoms with Crippen LogP contribution in [-0.2, 0) is 31.0 Å². The Balaban J connectivity index is 1.63. The van der Waals surface area contributed by atoms with Gasteiger partial charge in [0.2, 0.25) is 0 Å². The minimum atomic E-state index is -1.01. The van der Waals surface area contributed by atoms with Crippen molar-refractivity contribution in [3.8, 4) is 6.07 Å². The molecule has 3 fully saturated rings. The number of thiocarbonyl (C=S) groups is 1. The molecule has 1 aromatic carbocycles. The summed E-state index contributed by atoms with van der Waals surface area (Å²) >= 11 is 5.75. The van der Waals surface area contributed by atoms with Gasteiger partial charge in [0.1, 0.15) is 0 Å². The van der Waals surface area contributed by atoms with E-state index in [4.69, 9.17) is 26.4 Å². The van der Waals surface area contributed by atoms with E-state index in [1.54, 1.807) is 12.0 Å². The maximum Gasteiger partial charge on any atom is 0.259 e. The van der Waals surface area contributed by atoms with Gasteiger partial charge in [-0.2, -0.15) is 5.26 Å². The predicted molar refractivity (Wildman–Crippen MR) is 125 cm³/mol. The van der Waals surface area contributed by atoms with E-state index in [2.05, 4.69) is 25.2 Å². The van der Waals surface area contributed by atoms with Crippen LogP contribution in [0.15, 0.2) is 18.2 Å². The van der Waals surface area contributed by atoms with E-state index < -0.39 is 11.3 Å². The summed E-state index contributed by atoms with van der Waals surface area (Å²) in [5.74, 6) is -0.408. The third-order valence-corrected chi connectivity index (χ3v) is 8.56. The Hall–Kier alpha value is -2.05. The summed E-state index contributed by atoms with van der Waals surface area (Å²) in [5.41, 5.74) is 1.15. The highest BCUT2D eigenvalue weighted by atomic mass is 32.1. The molecule has 0 radical (unpaired) electrons. The average Bonchev–Trinajstić information content (AvgIpc) is 3.38. The fourth-order valence-corrected chi connectivity index (χ4v) is 7.45. The average molecular weight is 470 g/mol. The second-order valence-electron chi connectivity index (χ2n) is 10.4. The Morgan fingerprint density at radius 1 is 1.27 bits per heavy atom. The van der Waals surface area contributed by atoms with Crippen LogP contribution in [-0.4, -0.2) is 54.7 Å². The van der Waals surface area contributed by atoms with E-state index in [1.165, 1.54) is 0 Å². The van der Waals surface area contributed by atoms with Gasteiger partial charge in [0.05, 0.1) is 37.5 Å². The number of hydrogen-bond donors (Lipinski definition) is 1.